The summed E-state index contributed by atoms with van der Waals surface area (Å²) in [5, 5.41) is 9.54. The molecular formula is C12H11ClF2O3. The van der Waals surface area contributed by atoms with Gasteiger partial charge >= 0.3 is 5.97 Å². The van der Waals surface area contributed by atoms with Crippen LogP contribution in [0.15, 0.2) is 18.2 Å². The van der Waals surface area contributed by atoms with E-state index in [2.05, 4.69) is 0 Å². The molecule has 0 spiro atoms. The Bertz CT molecular complexity index is 494. The fourth-order valence-electron chi connectivity index (χ4n) is 2.34. The summed E-state index contributed by atoms with van der Waals surface area (Å²) in [4.78, 5) is 11.3. The topological polar surface area (TPSA) is 46.5 Å². The van der Waals surface area contributed by atoms with Gasteiger partial charge in [0.25, 0.3) is 5.92 Å². The maximum atomic E-state index is 13.1. The molecule has 1 aliphatic rings. The van der Waals surface area contributed by atoms with Gasteiger partial charge in [0.05, 0.1) is 7.11 Å². The molecule has 6 heteroatoms. The van der Waals surface area contributed by atoms with Crippen LogP contribution >= 0.6 is 11.6 Å². The summed E-state index contributed by atoms with van der Waals surface area (Å²) < 4.78 is 31.2. The van der Waals surface area contributed by atoms with Gasteiger partial charge in [0, 0.05) is 23.4 Å². The average Bonchev–Trinajstić information content (AvgIpc) is 2.24. The fourth-order valence-corrected chi connectivity index (χ4v) is 2.51. The van der Waals surface area contributed by atoms with Crippen LogP contribution in [-0.4, -0.2) is 24.1 Å². The normalized spacial score (nSPS) is 20.0. The summed E-state index contributed by atoms with van der Waals surface area (Å²) >= 11 is 5.80. The zero-order chi connectivity index (χ0) is 13.6. The highest BCUT2D eigenvalue weighted by atomic mass is 35.5. The molecule has 98 valence electrons. The predicted molar refractivity (Wildman–Crippen MR) is 61.5 cm³/mol. The molecule has 2 rings (SSSR count). The largest absolute Gasteiger partial charge is 0.496 e. The van der Waals surface area contributed by atoms with Crippen molar-refractivity contribution >= 4 is 17.6 Å². The molecule has 0 saturated heterocycles. The number of alkyl halides is 2. The Kier molecular flexibility index (Phi) is 2.97. The number of carbonyl (C=O) groups is 1. The number of hydrogen-bond acceptors (Lipinski definition) is 2. The average molecular weight is 277 g/mol. The molecule has 0 radical (unpaired) electrons. The number of halogens is 3. The Hall–Kier alpha value is -1.36. The van der Waals surface area contributed by atoms with Gasteiger partial charge in [-0.2, -0.15) is 0 Å². The minimum Gasteiger partial charge on any atom is -0.496 e. The Morgan fingerprint density at radius 1 is 1.44 bits per heavy atom. The lowest BCUT2D eigenvalue weighted by Gasteiger charge is -2.44. The second kappa shape index (κ2) is 4.09. The van der Waals surface area contributed by atoms with Gasteiger partial charge in [-0.25, -0.2) is 8.78 Å². The Morgan fingerprint density at radius 3 is 2.50 bits per heavy atom. The summed E-state index contributed by atoms with van der Waals surface area (Å²) in [7, 11) is 1.36. The van der Waals surface area contributed by atoms with Gasteiger partial charge in [-0.3, -0.25) is 4.79 Å². The van der Waals surface area contributed by atoms with E-state index >= 15 is 0 Å². The summed E-state index contributed by atoms with van der Waals surface area (Å²) in [5.41, 5.74) is -1.41. The van der Waals surface area contributed by atoms with Crippen LogP contribution in [-0.2, 0) is 10.2 Å². The number of carboxylic acids is 1. The first-order valence-corrected chi connectivity index (χ1v) is 5.64. The maximum absolute atomic E-state index is 13.1. The van der Waals surface area contributed by atoms with Crippen LogP contribution in [0.25, 0.3) is 0 Å². The fraction of sp³-hybridized carbons (Fsp3) is 0.417. The van der Waals surface area contributed by atoms with Gasteiger partial charge in [-0.05, 0) is 18.2 Å². The van der Waals surface area contributed by atoms with E-state index in [1.54, 1.807) is 0 Å². The van der Waals surface area contributed by atoms with Crippen LogP contribution in [0.5, 0.6) is 5.75 Å². The monoisotopic (exact) mass is 276 g/mol. The van der Waals surface area contributed by atoms with Gasteiger partial charge in [-0.15, -0.1) is 0 Å². The molecule has 0 atom stereocenters. The predicted octanol–water partition coefficient (Wildman–Crippen LogP) is 3.10. The molecule has 1 saturated carbocycles. The van der Waals surface area contributed by atoms with Crippen molar-refractivity contribution in [2.75, 3.05) is 7.11 Å². The minimum atomic E-state index is -2.95. The van der Waals surface area contributed by atoms with Crippen LogP contribution in [0.2, 0.25) is 5.02 Å². The van der Waals surface area contributed by atoms with Crippen molar-refractivity contribution in [3.63, 3.8) is 0 Å². The molecule has 1 fully saturated rings. The van der Waals surface area contributed by atoms with Crippen LogP contribution < -0.4 is 4.74 Å². The summed E-state index contributed by atoms with van der Waals surface area (Å²) in [5.74, 6) is -3.97. The first-order valence-electron chi connectivity index (χ1n) is 5.26. The van der Waals surface area contributed by atoms with Gasteiger partial charge in [0.15, 0.2) is 0 Å². The van der Waals surface area contributed by atoms with E-state index in [0.717, 1.165) is 0 Å². The lowest BCUT2D eigenvalue weighted by atomic mass is 9.62. The maximum Gasteiger partial charge on any atom is 0.314 e. The number of carboxylic acid groups (broad SMARTS) is 1. The van der Waals surface area contributed by atoms with Crippen LogP contribution in [0.4, 0.5) is 8.78 Å². The lowest BCUT2D eigenvalue weighted by molar-refractivity contribution is -0.174. The third kappa shape index (κ3) is 1.92. The summed E-state index contributed by atoms with van der Waals surface area (Å²) in [6.45, 7) is 0. The number of rotatable bonds is 3. The molecule has 0 amide bonds. The molecule has 0 heterocycles. The number of aliphatic carboxylic acids is 1. The third-order valence-electron chi connectivity index (χ3n) is 3.21. The molecule has 0 unspecified atom stereocenters. The molecule has 1 aliphatic carbocycles. The van der Waals surface area contributed by atoms with Crippen molar-refractivity contribution < 1.29 is 23.4 Å². The summed E-state index contributed by atoms with van der Waals surface area (Å²) in [6, 6.07) is 4.39. The Morgan fingerprint density at radius 2 is 2.06 bits per heavy atom. The van der Waals surface area contributed by atoms with E-state index < -0.39 is 30.1 Å². The minimum absolute atomic E-state index is 0.205. The summed E-state index contributed by atoms with van der Waals surface area (Å²) in [6.07, 6.45) is -1.46. The molecule has 3 nitrogen and oxygen atoms in total. The van der Waals surface area contributed by atoms with Crippen LogP contribution in [0, 0.1) is 0 Å². The third-order valence-corrected chi connectivity index (χ3v) is 3.44. The van der Waals surface area contributed by atoms with E-state index in [0.29, 0.717) is 5.02 Å². The molecule has 0 bridgehead atoms. The smallest absolute Gasteiger partial charge is 0.314 e. The van der Waals surface area contributed by atoms with Crippen molar-refractivity contribution in [1.29, 1.82) is 0 Å². The Balaban J connectivity index is 2.51. The van der Waals surface area contributed by atoms with Gasteiger partial charge in [-0.1, -0.05) is 11.6 Å². The van der Waals surface area contributed by atoms with E-state index in [9.17, 15) is 18.7 Å². The van der Waals surface area contributed by atoms with E-state index in [4.69, 9.17) is 16.3 Å². The first-order chi connectivity index (χ1) is 8.31. The number of ether oxygens (including phenoxy) is 1. The highest BCUT2D eigenvalue weighted by Crippen LogP contribution is 2.55. The first kappa shape index (κ1) is 13.1. The highest BCUT2D eigenvalue weighted by molar-refractivity contribution is 6.30. The van der Waals surface area contributed by atoms with E-state index in [1.165, 1.54) is 25.3 Å². The second-order valence-electron chi connectivity index (χ2n) is 4.44. The van der Waals surface area contributed by atoms with Crippen LogP contribution in [0.1, 0.15) is 18.4 Å². The van der Waals surface area contributed by atoms with Crippen molar-refractivity contribution in [1.82, 2.24) is 0 Å². The van der Waals surface area contributed by atoms with E-state index in [-0.39, 0.29) is 11.3 Å². The number of hydrogen-bond donors (Lipinski definition) is 1. The molecule has 1 N–H and O–H groups in total. The molecule has 1 aromatic rings. The van der Waals surface area contributed by atoms with E-state index in [1.807, 2.05) is 0 Å². The van der Waals surface area contributed by atoms with Gasteiger partial charge < -0.3 is 9.84 Å². The number of benzene rings is 1. The lowest BCUT2D eigenvalue weighted by Crippen LogP contribution is -2.54. The zero-order valence-corrected chi connectivity index (χ0v) is 10.3. The molecule has 1 aromatic carbocycles. The molecular weight excluding hydrogens is 266 g/mol. The number of methoxy groups -OCH3 is 1. The van der Waals surface area contributed by atoms with Crippen molar-refractivity contribution in [2.45, 2.75) is 24.2 Å². The van der Waals surface area contributed by atoms with Crippen molar-refractivity contribution in [2.24, 2.45) is 0 Å². The van der Waals surface area contributed by atoms with Gasteiger partial charge in [0.1, 0.15) is 11.2 Å². The highest BCUT2D eigenvalue weighted by Gasteiger charge is 2.63. The molecule has 18 heavy (non-hydrogen) atoms. The Labute approximate surface area is 107 Å². The quantitative estimate of drug-likeness (QED) is 0.923. The van der Waals surface area contributed by atoms with Crippen LogP contribution in [0.3, 0.4) is 0 Å². The van der Waals surface area contributed by atoms with Crippen molar-refractivity contribution in [3.8, 4) is 5.75 Å². The van der Waals surface area contributed by atoms with Crippen molar-refractivity contribution in [3.05, 3.63) is 28.8 Å². The zero-order valence-electron chi connectivity index (χ0n) is 9.54. The standard InChI is InChI=1S/C12H11ClF2O3/c1-18-9-3-2-7(13)4-8(9)11(10(16)17)5-12(14,15)6-11/h2-4H,5-6H2,1H3,(H,16,17). The molecule has 0 aliphatic heterocycles. The molecule has 0 aromatic heterocycles. The second-order valence-corrected chi connectivity index (χ2v) is 4.88. The SMILES string of the molecule is COc1ccc(Cl)cc1C1(C(=O)O)CC(F)(F)C1. The van der Waals surface area contributed by atoms with Gasteiger partial charge in [0.2, 0.25) is 0 Å².